The van der Waals surface area contributed by atoms with Gasteiger partial charge in [0.05, 0.1) is 6.10 Å². The Hall–Kier alpha value is -0.120. The highest BCUT2D eigenvalue weighted by atomic mass is 16.5. The second-order valence-electron chi connectivity index (χ2n) is 6.69. The lowest BCUT2D eigenvalue weighted by atomic mass is 9.75. The normalized spacial score (nSPS) is 41.4. The van der Waals surface area contributed by atoms with Crippen molar-refractivity contribution in [3.63, 3.8) is 0 Å². The standard InChI is InChI=1S/C16H32N2O/c1-4-13-5-6-14(10-17)15(9-13)18-8-7-12(2)16(11-18)19-3/h12-16H,4-11,17H2,1-3H3. The van der Waals surface area contributed by atoms with Crippen LogP contribution in [0.15, 0.2) is 0 Å². The number of hydrogen-bond donors (Lipinski definition) is 1. The van der Waals surface area contributed by atoms with Crippen LogP contribution in [0.25, 0.3) is 0 Å². The SMILES string of the molecule is CCC1CCC(CN)C(N2CCC(C)C(OC)C2)C1. The van der Waals surface area contributed by atoms with Crippen molar-refractivity contribution in [2.24, 2.45) is 23.5 Å². The van der Waals surface area contributed by atoms with Gasteiger partial charge in [0, 0.05) is 19.7 Å². The summed E-state index contributed by atoms with van der Waals surface area (Å²) < 4.78 is 5.67. The van der Waals surface area contributed by atoms with E-state index in [-0.39, 0.29) is 0 Å². The molecule has 0 bridgehead atoms. The van der Waals surface area contributed by atoms with Gasteiger partial charge in [0.1, 0.15) is 0 Å². The molecule has 1 heterocycles. The third-order valence-electron chi connectivity index (χ3n) is 5.64. The Morgan fingerprint density at radius 3 is 2.68 bits per heavy atom. The van der Waals surface area contributed by atoms with Gasteiger partial charge in [-0.1, -0.05) is 26.7 Å². The molecule has 2 rings (SSSR count). The summed E-state index contributed by atoms with van der Waals surface area (Å²) in [5.41, 5.74) is 6.02. The maximum absolute atomic E-state index is 6.02. The summed E-state index contributed by atoms with van der Waals surface area (Å²) in [4.78, 5) is 2.69. The fourth-order valence-electron chi connectivity index (χ4n) is 4.05. The van der Waals surface area contributed by atoms with Crippen LogP contribution in [0.2, 0.25) is 0 Å². The van der Waals surface area contributed by atoms with E-state index in [0.717, 1.165) is 19.0 Å². The van der Waals surface area contributed by atoms with Crippen molar-refractivity contribution in [3.05, 3.63) is 0 Å². The fourth-order valence-corrected chi connectivity index (χ4v) is 4.05. The molecular weight excluding hydrogens is 236 g/mol. The van der Waals surface area contributed by atoms with Crippen LogP contribution in [0.1, 0.15) is 46.0 Å². The van der Waals surface area contributed by atoms with E-state index in [4.69, 9.17) is 10.5 Å². The van der Waals surface area contributed by atoms with Gasteiger partial charge in [0.15, 0.2) is 0 Å². The molecule has 0 radical (unpaired) electrons. The molecule has 2 N–H and O–H groups in total. The van der Waals surface area contributed by atoms with Crippen LogP contribution in [0.3, 0.4) is 0 Å². The monoisotopic (exact) mass is 268 g/mol. The van der Waals surface area contributed by atoms with Crippen molar-refractivity contribution >= 4 is 0 Å². The van der Waals surface area contributed by atoms with E-state index >= 15 is 0 Å². The smallest absolute Gasteiger partial charge is 0.0724 e. The summed E-state index contributed by atoms with van der Waals surface area (Å²) in [6, 6.07) is 0.703. The van der Waals surface area contributed by atoms with E-state index in [9.17, 15) is 0 Å². The molecule has 0 aromatic carbocycles. The highest BCUT2D eigenvalue weighted by molar-refractivity contribution is 4.91. The maximum atomic E-state index is 6.02. The Morgan fingerprint density at radius 1 is 1.26 bits per heavy atom. The van der Waals surface area contributed by atoms with Gasteiger partial charge in [0.2, 0.25) is 0 Å². The number of ether oxygens (including phenoxy) is 1. The van der Waals surface area contributed by atoms with Gasteiger partial charge in [-0.15, -0.1) is 0 Å². The summed E-state index contributed by atoms with van der Waals surface area (Å²) in [7, 11) is 1.86. The van der Waals surface area contributed by atoms with Gasteiger partial charge in [0.25, 0.3) is 0 Å². The quantitative estimate of drug-likeness (QED) is 0.851. The first-order valence-electron chi connectivity index (χ1n) is 8.16. The zero-order chi connectivity index (χ0) is 13.8. The summed E-state index contributed by atoms with van der Waals surface area (Å²) in [5, 5.41) is 0. The maximum Gasteiger partial charge on any atom is 0.0724 e. The van der Waals surface area contributed by atoms with Crippen LogP contribution < -0.4 is 5.73 Å². The Morgan fingerprint density at radius 2 is 2.05 bits per heavy atom. The van der Waals surface area contributed by atoms with E-state index in [1.165, 1.54) is 38.6 Å². The Bertz CT molecular complexity index is 271. The molecule has 1 saturated heterocycles. The highest BCUT2D eigenvalue weighted by Crippen LogP contribution is 2.35. The molecule has 112 valence electrons. The van der Waals surface area contributed by atoms with E-state index in [2.05, 4.69) is 18.7 Å². The zero-order valence-corrected chi connectivity index (χ0v) is 13.0. The van der Waals surface area contributed by atoms with Gasteiger partial charge >= 0.3 is 0 Å². The van der Waals surface area contributed by atoms with Crippen LogP contribution >= 0.6 is 0 Å². The Labute approximate surface area is 118 Å². The summed E-state index contributed by atoms with van der Waals surface area (Å²) in [6.45, 7) is 7.85. The van der Waals surface area contributed by atoms with Crippen LogP contribution in [0.4, 0.5) is 0 Å². The molecule has 5 atom stereocenters. The number of likely N-dealkylation sites (tertiary alicyclic amines) is 1. The first kappa shape index (κ1) is 15.3. The lowest BCUT2D eigenvalue weighted by Crippen LogP contribution is -2.53. The third kappa shape index (κ3) is 3.50. The zero-order valence-electron chi connectivity index (χ0n) is 13.0. The molecule has 1 aliphatic heterocycles. The molecule has 3 nitrogen and oxygen atoms in total. The average molecular weight is 268 g/mol. The number of piperidine rings is 1. The topological polar surface area (TPSA) is 38.5 Å². The fraction of sp³-hybridized carbons (Fsp3) is 1.00. The molecule has 0 aromatic rings. The number of rotatable bonds is 4. The highest BCUT2D eigenvalue weighted by Gasteiger charge is 2.36. The van der Waals surface area contributed by atoms with E-state index in [1.807, 2.05) is 7.11 Å². The predicted molar refractivity (Wildman–Crippen MR) is 80.1 cm³/mol. The minimum absolute atomic E-state index is 0.411. The number of nitrogens with two attached hydrogens (primary N) is 1. The molecule has 1 aliphatic carbocycles. The van der Waals surface area contributed by atoms with E-state index in [1.54, 1.807) is 0 Å². The van der Waals surface area contributed by atoms with Crippen LogP contribution in [-0.2, 0) is 4.74 Å². The lowest BCUT2D eigenvalue weighted by Gasteiger charge is -2.46. The first-order chi connectivity index (χ1) is 9.19. The molecule has 2 fully saturated rings. The summed E-state index contributed by atoms with van der Waals surface area (Å²) in [5.74, 6) is 2.31. The van der Waals surface area contributed by atoms with Crippen molar-refractivity contribution in [3.8, 4) is 0 Å². The van der Waals surface area contributed by atoms with Crippen LogP contribution in [0.5, 0.6) is 0 Å². The largest absolute Gasteiger partial charge is 0.380 e. The lowest BCUT2D eigenvalue weighted by molar-refractivity contribution is -0.0387. The van der Waals surface area contributed by atoms with E-state index in [0.29, 0.717) is 24.0 Å². The third-order valence-corrected chi connectivity index (χ3v) is 5.64. The Kier molecular flexibility index (Phi) is 5.67. The summed E-state index contributed by atoms with van der Waals surface area (Å²) >= 11 is 0. The Balaban J connectivity index is 2.00. The molecule has 0 aromatic heterocycles. The van der Waals surface area contributed by atoms with Gasteiger partial charge in [-0.2, -0.15) is 0 Å². The second-order valence-corrected chi connectivity index (χ2v) is 6.69. The van der Waals surface area contributed by atoms with E-state index < -0.39 is 0 Å². The van der Waals surface area contributed by atoms with Crippen molar-refractivity contribution < 1.29 is 4.74 Å². The van der Waals surface area contributed by atoms with Crippen molar-refractivity contribution in [1.82, 2.24) is 4.90 Å². The van der Waals surface area contributed by atoms with Crippen molar-refractivity contribution in [2.75, 3.05) is 26.7 Å². The van der Waals surface area contributed by atoms with Gasteiger partial charge < -0.3 is 10.5 Å². The van der Waals surface area contributed by atoms with Crippen molar-refractivity contribution in [2.45, 2.75) is 58.1 Å². The number of nitrogens with zero attached hydrogens (tertiary/aromatic N) is 1. The molecule has 19 heavy (non-hydrogen) atoms. The van der Waals surface area contributed by atoms with Gasteiger partial charge in [-0.3, -0.25) is 4.90 Å². The van der Waals surface area contributed by atoms with Crippen LogP contribution in [0, 0.1) is 17.8 Å². The average Bonchev–Trinajstić information content (AvgIpc) is 2.47. The van der Waals surface area contributed by atoms with Crippen LogP contribution in [-0.4, -0.2) is 43.8 Å². The number of hydrogen-bond acceptors (Lipinski definition) is 3. The van der Waals surface area contributed by atoms with Crippen molar-refractivity contribution in [1.29, 1.82) is 0 Å². The molecule has 5 unspecified atom stereocenters. The molecule has 2 aliphatic rings. The number of methoxy groups -OCH3 is 1. The predicted octanol–water partition coefficient (Wildman–Crippen LogP) is 2.50. The minimum Gasteiger partial charge on any atom is -0.380 e. The molecule has 3 heteroatoms. The molecule has 0 spiro atoms. The first-order valence-corrected chi connectivity index (χ1v) is 8.16. The summed E-state index contributed by atoms with van der Waals surface area (Å²) in [6.07, 6.45) is 7.06. The molecule has 0 amide bonds. The second kappa shape index (κ2) is 7.05. The minimum atomic E-state index is 0.411. The van der Waals surface area contributed by atoms with Gasteiger partial charge in [-0.25, -0.2) is 0 Å². The molecule has 1 saturated carbocycles. The molecular formula is C16H32N2O. The van der Waals surface area contributed by atoms with Gasteiger partial charge in [-0.05, 0) is 50.1 Å².